The standard InChI is InChI=1S/C20H17ClN2O5/c21-17-9-12(3-5-16(17)20(25)26)18-6-4-14(28-18)8-13(10-22)19(24)23-11-15-2-1-7-27-15/h3-6,8-9,15H,1-2,7,11H2,(H,23,24)(H,25,26)/b13-8+/t15-/m0/s1. The predicted octanol–water partition coefficient (Wildman–Crippen LogP) is 3.50. The van der Waals surface area contributed by atoms with Gasteiger partial charge in [-0.05, 0) is 37.1 Å². The van der Waals surface area contributed by atoms with Crippen LogP contribution in [0.4, 0.5) is 0 Å². The molecule has 1 aliphatic rings. The number of aromatic carboxylic acids is 1. The minimum Gasteiger partial charge on any atom is -0.478 e. The van der Waals surface area contributed by atoms with E-state index in [0.717, 1.165) is 12.8 Å². The molecule has 0 unspecified atom stereocenters. The Balaban J connectivity index is 1.72. The molecule has 8 heteroatoms. The topological polar surface area (TPSA) is 113 Å². The molecular formula is C20H17ClN2O5. The molecule has 1 atom stereocenters. The average molecular weight is 401 g/mol. The summed E-state index contributed by atoms with van der Waals surface area (Å²) in [5.74, 6) is -0.864. The van der Waals surface area contributed by atoms with Crippen molar-refractivity contribution < 1.29 is 23.8 Å². The van der Waals surface area contributed by atoms with Crippen molar-refractivity contribution in [1.82, 2.24) is 5.32 Å². The van der Waals surface area contributed by atoms with Gasteiger partial charge in [-0.3, -0.25) is 4.79 Å². The Morgan fingerprint density at radius 3 is 2.82 bits per heavy atom. The van der Waals surface area contributed by atoms with Gasteiger partial charge in [0.15, 0.2) is 0 Å². The molecule has 0 radical (unpaired) electrons. The Hall–Kier alpha value is -3.08. The van der Waals surface area contributed by atoms with Crippen LogP contribution in [0.5, 0.6) is 0 Å². The van der Waals surface area contributed by atoms with Crippen LogP contribution in [0.3, 0.4) is 0 Å². The molecule has 7 nitrogen and oxygen atoms in total. The van der Waals surface area contributed by atoms with E-state index in [2.05, 4.69) is 5.32 Å². The number of amides is 1. The number of carbonyl (C=O) groups is 2. The van der Waals surface area contributed by atoms with Crippen LogP contribution in [0.2, 0.25) is 5.02 Å². The van der Waals surface area contributed by atoms with Gasteiger partial charge in [-0.25, -0.2) is 4.79 Å². The molecular weight excluding hydrogens is 384 g/mol. The van der Waals surface area contributed by atoms with E-state index in [0.29, 0.717) is 30.2 Å². The van der Waals surface area contributed by atoms with E-state index in [9.17, 15) is 14.9 Å². The lowest BCUT2D eigenvalue weighted by Crippen LogP contribution is -2.32. The summed E-state index contributed by atoms with van der Waals surface area (Å²) in [7, 11) is 0. The summed E-state index contributed by atoms with van der Waals surface area (Å²) in [5, 5.41) is 21.1. The molecule has 2 N–H and O–H groups in total. The number of hydrogen-bond donors (Lipinski definition) is 2. The predicted molar refractivity (Wildman–Crippen MR) is 102 cm³/mol. The SMILES string of the molecule is N#C/C(=C\c1ccc(-c2ccc(C(=O)O)c(Cl)c2)o1)C(=O)NC[C@@H]1CCCO1. The molecule has 0 bridgehead atoms. The second kappa shape index (κ2) is 8.74. The molecule has 144 valence electrons. The van der Waals surface area contributed by atoms with Gasteiger partial charge in [0.2, 0.25) is 0 Å². The maximum atomic E-state index is 12.2. The van der Waals surface area contributed by atoms with Gasteiger partial charge in [-0.2, -0.15) is 5.26 Å². The number of carboxylic acid groups (broad SMARTS) is 1. The zero-order valence-electron chi connectivity index (χ0n) is 14.8. The number of nitriles is 1. The van der Waals surface area contributed by atoms with Gasteiger partial charge < -0.3 is 19.6 Å². The van der Waals surface area contributed by atoms with Crippen LogP contribution in [0, 0.1) is 11.3 Å². The molecule has 3 rings (SSSR count). The molecule has 1 amide bonds. The summed E-state index contributed by atoms with van der Waals surface area (Å²) in [6, 6.07) is 9.57. The van der Waals surface area contributed by atoms with Crippen LogP contribution < -0.4 is 5.32 Å². The molecule has 0 saturated carbocycles. The van der Waals surface area contributed by atoms with Gasteiger partial charge in [-0.15, -0.1) is 0 Å². The molecule has 1 aliphatic heterocycles. The normalized spacial score (nSPS) is 16.6. The van der Waals surface area contributed by atoms with Crippen molar-refractivity contribution in [3.63, 3.8) is 0 Å². The van der Waals surface area contributed by atoms with Crippen molar-refractivity contribution in [2.75, 3.05) is 13.2 Å². The molecule has 1 fully saturated rings. The molecule has 0 aliphatic carbocycles. The van der Waals surface area contributed by atoms with Crippen LogP contribution in [-0.2, 0) is 9.53 Å². The monoisotopic (exact) mass is 400 g/mol. The van der Waals surface area contributed by atoms with E-state index in [1.54, 1.807) is 18.2 Å². The lowest BCUT2D eigenvalue weighted by Gasteiger charge is -2.09. The highest BCUT2D eigenvalue weighted by Crippen LogP contribution is 2.28. The molecule has 2 heterocycles. The number of nitrogens with one attached hydrogen (secondary N) is 1. The van der Waals surface area contributed by atoms with Gasteiger partial charge in [0.1, 0.15) is 23.2 Å². The van der Waals surface area contributed by atoms with Crippen molar-refractivity contribution in [2.45, 2.75) is 18.9 Å². The Morgan fingerprint density at radius 2 is 2.18 bits per heavy atom. The van der Waals surface area contributed by atoms with Gasteiger partial charge >= 0.3 is 5.97 Å². The fourth-order valence-electron chi connectivity index (χ4n) is 2.83. The number of ether oxygens (including phenoxy) is 1. The van der Waals surface area contributed by atoms with Gasteiger partial charge in [0.25, 0.3) is 5.91 Å². The average Bonchev–Trinajstić information content (AvgIpc) is 3.35. The number of rotatable bonds is 6. The third-order valence-electron chi connectivity index (χ3n) is 4.28. The van der Waals surface area contributed by atoms with Gasteiger partial charge in [0, 0.05) is 24.8 Å². The quantitative estimate of drug-likeness (QED) is 0.566. The molecule has 2 aromatic rings. The fourth-order valence-corrected chi connectivity index (χ4v) is 3.09. The highest BCUT2D eigenvalue weighted by atomic mass is 35.5. The van der Waals surface area contributed by atoms with Crippen molar-refractivity contribution in [2.24, 2.45) is 0 Å². The summed E-state index contributed by atoms with van der Waals surface area (Å²) in [5.41, 5.74) is 0.487. The van der Waals surface area contributed by atoms with Crippen molar-refractivity contribution in [3.05, 3.63) is 52.3 Å². The Morgan fingerprint density at radius 1 is 1.36 bits per heavy atom. The lowest BCUT2D eigenvalue weighted by atomic mass is 10.1. The van der Waals surface area contributed by atoms with E-state index in [4.69, 9.17) is 25.9 Å². The number of carboxylic acids is 1. The van der Waals surface area contributed by atoms with E-state index in [-0.39, 0.29) is 22.3 Å². The van der Waals surface area contributed by atoms with E-state index in [1.807, 2.05) is 6.07 Å². The van der Waals surface area contributed by atoms with E-state index < -0.39 is 11.9 Å². The third-order valence-corrected chi connectivity index (χ3v) is 4.59. The molecule has 1 aromatic heterocycles. The number of nitrogens with zero attached hydrogens (tertiary/aromatic N) is 1. The maximum Gasteiger partial charge on any atom is 0.337 e. The summed E-state index contributed by atoms with van der Waals surface area (Å²) in [4.78, 5) is 23.2. The summed E-state index contributed by atoms with van der Waals surface area (Å²) in [6.45, 7) is 1.05. The Labute approximate surface area is 166 Å². The van der Waals surface area contributed by atoms with E-state index in [1.165, 1.54) is 18.2 Å². The second-order valence-corrected chi connectivity index (χ2v) is 6.62. The lowest BCUT2D eigenvalue weighted by molar-refractivity contribution is -0.117. The Bertz CT molecular complexity index is 967. The first-order valence-corrected chi connectivity index (χ1v) is 9.00. The molecule has 0 spiro atoms. The zero-order chi connectivity index (χ0) is 20.1. The summed E-state index contributed by atoms with van der Waals surface area (Å²) in [6.07, 6.45) is 3.18. The largest absolute Gasteiger partial charge is 0.478 e. The second-order valence-electron chi connectivity index (χ2n) is 6.22. The number of furan rings is 1. The zero-order valence-corrected chi connectivity index (χ0v) is 15.5. The van der Waals surface area contributed by atoms with Crippen molar-refractivity contribution in [1.29, 1.82) is 5.26 Å². The number of carbonyl (C=O) groups excluding carboxylic acids is 1. The molecule has 1 aromatic carbocycles. The fraction of sp³-hybridized carbons (Fsp3) is 0.250. The Kier molecular flexibility index (Phi) is 6.14. The highest BCUT2D eigenvalue weighted by Gasteiger charge is 2.18. The highest BCUT2D eigenvalue weighted by molar-refractivity contribution is 6.33. The van der Waals surface area contributed by atoms with Crippen LogP contribution in [-0.4, -0.2) is 36.2 Å². The first kappa shape index (κ1) is 19.7. The van der Waals surface area contributed by atoms with Crippen molar-refractivity contribution >= 4 is 29.6 Å². The maximum absolute atomic E-state index is 12.2. The molecule has 28 heavy (non-hydrogen) atoms. The number of benzene rings is 1. The first-order chi connectivity index (χ1) is 13.5. The summed E-state index contributed by atoms with van der Waals surface area (Å²) >= 11 is 5.98. The van der Waals surface area contributed by atoms with Crippen LogP contribution in [0.15, 0.2) is 40.3 Å². The van der Waals surface area contributed by atoms with Crippen LogP contribution >= 0.6 is 11.6 Å². The van der Waals surface area contributed by atoms with Crippen LogP contribution in [0.25, 0.3) is 17.4 Å². The summed E-state index contributed by atoms with van der Waals surface area (Å²) < 4.78 is 11.1. The number of halogens is 1. The van der Waals surface area contributed by atoms with Gasteiger partial charge in [-0.1, -0.05) is 17.7 Å². The smallest absolute Gasteiger partial charge is 0.337 e. The third kappa shape index (κ3) is 4.60. The molecule has 1 saturated heterocycles. The minimum absolute atomic E-state index is 0.00762. The van der Waals surface area contributed by atoms with Gasteiger partial charge in [0.05, 0.1) is 16.7 Å². The van der Waals surface area contributed by atoms with Crippen LogP contribution in [0.1, 0.15) is 29.0 Å². The minimum atomic E-state index is -1.12. The number of hydrogen-bond acceptors (Lipinski definition) is 5. The first-order valence-electron chi connectivity index (χ1n) is 8.62. The van der Waals surface area contributed by atoms with Crippen molar-refractivity contribution in [3.8, 4) is 17.4 Å². The van der Waals surface area contributed by atoms with E-state index >= 15 is 0 Å².